The van der Waals surface area contributed by atoms with Crippen LogP contribution >= 0.6 is 11.8 Å². The molecule has 1 aliphatic carbocycles. The fourth-order valence-electron chi connectivity index (χ4n) is 2.11. The zero-order valence-electron chi connectivity index (χ0n) is 11.2. The molecule has 0 radical (unpaired) electrons. The first kappa shape index (κ1) is 15.6. The van der Waals surface area contributed by atoms with E-state index in [-0.39, 0.29) is 12.4 Å². The van der Waals surface area contributed by atoms with Crippen molar-refractivity contribution >= 4 is 27.5 Å². The van der Waals surface area contributed by atoms with Crippen LogP contribution < -0.4 is 10.5 Å². The molecule has 1 aromatic carbocycles. The van der Waals surface area contributed by atoms with Crippen LogP contribution in [-0.4, -0.2) is 37.2 Å². The molecule has 0 amide bonds. The van der Waals surface area contributed by atoms with Crippen LogP contribution in [0.4, 0.5) is 5.69 Å². The van der Waals surface area contributed by atoms with E-state index in [0.717, 1.165) is 11.3 Å². The topological polar surface area (TPSA) is 92.4 Å². The number of anilines is 1. The maximum atomic E-state index is 12.0. The predicted octanol–water partition coefficient (Wildman–Crippen LogP) is 1.20. The van der Waals surface area contributed by atoms with Crippen molar-refractivity contribution < 1.29 is 13.5 Å². The molecule has 0 heterocycles. The molecule has 0 unspecified atom stereocenters. The summed E-state index contributed by atoms with van der Waals surface area (Å²) < 4.78 is 26.6. The molecule has 2 rings (SSSR count). The van der Waals surface area contributed by atoms with Gasteiger partial charge in [0.25, 0.3) is 0 Å². The van der Waals surface area contributed by atoms with E-state index in [2.05, 4.69) is 4.72 Å². The Balaban J connectivity index is 1.82. The highest BCUT2D eigenvalue weighted by molar-refractivity contribution is 8.00. The summed E-state index contributed by atoms with van der Waals surface area (Å²) in [5, 5.41) is 9.29. The standard InChI is InChI=1S/C13H20N2O3S2/c14-11-2-4-12(5-3-11)19-8-9-20(17,18)15-13(10-16)6-1-7-13/h2-5,15-16H,1,6-10,14H2. The molecule has 0 aliphatic heterocycles. The molecule has 4 N–H and O–H groups in total. The van der Waals surface area contributed by atoms with E-state index in [1.165, 1.54) is 11.8 Å². The zero-order chi connectivity index (χ0) is 14.6. The van der Waals surface area contributed by atoms with Gasteiger partial charge in [0.1, 0.15) is 0 Å². The second-order valence-corrected chi connectivity index (χ2v) is 8.14. The number of thioether (sulfide) groups is 1. The quantitative estimate of drug-likeness (QED) is 0.519. The minimum atomic E-state index is -3.35. The van der Waals surface area contributed by atoms with Crippen LogP contribution in [0.5, 0.6) is 0 Å². The van der Waals surface area contributed by atoms with Crippen LogP contribution in [0.25, 0.3) is 0 Å². The Labute approximate surface area is 124 Å². The Bertz CT molecular complexity index is 534. The monoisotopic (exact) mass is 316 g/mol. The maximum absolute atomic E-state index is 12.0. The molecule has 0 atom stereocenters. The molecule has 20 heavy (non-hydrogen) atoms. The number of nitrogen functional groups attached to an aromatic ring is 1. The minimum Gasteiger partial charge on any atom is -0.399 e. The average Bonchev–Trinajstić information content (AvgIpc) is 2.36. The lowest BCUT2D eigenvalue weighted by molar-refractivity contribution is 0.111. The van der Waals surface area contributed by atoms with Crippen LogP contribution in [0.2, 0.25) is 0 Å². The molecule has 0 saturated heterocycles. The molecule has 5 nitrogen and oxygen atoms in total. The first-order valence-corrected chi connectivity index (χ1v) is 9.19. The summed E-state index contributed by atoms with van der Waals surface area (Å²) in [5.41, 5.74) is 5.68. The van der Waals surface area contributed by atoms with Crippen LogP contribution in [0.1, 0.15) is 19.3 Å². The van der Waals surface area contributed by atoms with E-state index < -0.39 is 15.6 Å². The third kappa shape index (κ3) is 4.12. The van der Waals surface area contributed by atoms with Crippen LogP contribution in [0.15, 0.2) is 29.2 Å². The SMILES string of the molecule is Nc1ccc(SCCS(=O)(=O)NC2(CO)CCC2)cc1. The molecule has 1 fully saturated rings. The fourth-order valence-corrected chi connectivity index (χ4v) is 4.92. The molecular formula is C13H20N2O3S2. The van der Waals surface area contributed by atoms with Crippen molar-refractivity contribution in [3.05, 3.63) is 24.3 Å². The Morgan fingerprint density at radius 3 is 2.45 bits per heavy atom. The van der Waals surface area contributed by atoms with E-state index in [0.29, 0.717) is 24.3 Å². The van der Waals surface area contributed by atoms with Gasteiger partial charge in [-0.3, -0.25) is 0 Å². The van der Waals surface area contributed by atoms with E-state index >= 15 is 0 Å². The number of sulfonamides is 1. The van der Waals surface area contributed by atoms with Crippen molar-refractivity contribution in [2.75, 3.05) is 23.8 Å². The molecule has 1 saturated carbocycles. The minimum absolute atomic E-state index is 0.0454. The lowest BCUT2D eigenvalue weighted by Crippen LogP contribution is -2.56. The van der Waals surface area contributed by atoms with Gasteiger partial charge in [-0.25, -0.2) is 13.1 Å². The van der Waals surface area contributed by atoms with Gasteiger partial charge in [0.15, 0.2) is 0 Å². The van der Waals surface area contributed by atoms with Crippen molar-refractivity contribution in [2.24, 2.45) is 0 Å². The van der Waals surface area contributed by atoms with E-state index in [1.54, 1.807) is 12.1 Å². The van der Waals surface area contributed by atoms with Crippen molar-refractivity contribution in [1.82, 2.24) is 4.72 Å². The molecule has 1 aliphatic rings. The molecule has 1 aromatic rings. The van der Waals surface area contributed by atoms with E-state index in [4.69, 9.17) is 5.73 Å². The van der Waals surface area contributed by atoms with Gasteiger partial charge in [-0.2, -0.15) is 0 Å². The number of rotatable bonds is 7. The van der Waals surface area contributed by atoms with Crippen molar-refractivity contribution in [1.29, 1.82) is 0 Å². The number of hydrogen-bond acceptors (Lipinski definition) is 5. The highest BCUT2D eigenvalue weighted by Gasteiger charge is 2.39. The number of nitrogens with one attached hydrogen (secondary N) is 1. The molecule has 112 valence electrons. The van der Waals surface area contributed by atoms with Crippen LogP contribution in [0, 0.1) is 0 Å². The Hall–Kier alpha value is -0.760. The number of hydrogen-bond donors (Lipinski definition) is 3. The summed E-state index contributed by atoms with van der Waals surface area (Å²) in [6.07, 6.45) is 2.39. The van der Waals surface area contributed by atoms with Crippen LogP contribution in [0.3, 0.4) is 0 Å². The molecular weight excluding hydrogens is 296 g/mol. The van der Waals surface area contributed by atoms with Gasteiger partial charge >= 0.3 is 0 Å². The van der Waals surface area contributed by atoms with Gasteiger partial charge in [-0.05, 0) is 43.5 Å². The summed E-state index contributed by atoms with van der Waals surface area (Å²) in [7, 11) is -3.35. The first-order chi connectivity index (χ1) is 9.45. The second kappa shape index (κ2) is 6.34. The van der Waals surface area contributed by atoms with E-state index in [1.807, 2.05) is 12.1 Å². The first-order valence-electron chi connectivity index (χ1n) is 6.56. The lowest BCUT2D eigenvalue weighted by atomic mass is 9.78. The normalized spacial score (nSPS) is 17.6. The Morgan fingerprint density at radius 1 is 1.30 bits per heavy atom. The second-order valence-electron chi connectivity index (χ2n) is 5.13. The summed E-state index contributed by atoms with van der Waals surface area (Å²) in [5.74, 6) is 0.518. The third-order valence-corrected chi connectivity index (χ3v) is 6.24. The third-order valence-electron chi connectivity index (χ3n) is 3.49. The summed E-state index contributed by atoms with van der Waals surface area (Å²) >= 11 is 1.48. The van der Waals surface area contributed by atoms with Gasteiger partial charge in [-0.15, -0.1) is 11.8 Å². The smallest absolute Gasteiger partial charge is 0.213 e. The molecule has 0 aromatic heterocycles. The summed E-state index contributed by atoms with van der Waals surface area (Å²) in [6.45, 7) is -0.128. The average molecular weight is 316 g/mol. The van der Waals surface area contributed by atoms with Gasteiger partial charge in [0.2, 0.25) is 10.0 Å². The molecule has 0 spiro atoms. The van der Waals surface area contributed by atoms with Gasteiger partial charge in [0, 0.05) is 16.3 Å². The number of benzene rings is 1. The number of nitrogens with two attached hydrogens (primary N) is 1. The molecule has 0 bridgehead atoms. The fraction of sp³-hybridized carbons (Fsp3) is 0.538. The van der Waals surface area contributed by atoms with Crippen molar-refractivity contribution in [3.63, 3.8) is 0 Å². The van der Waals surface area contributed by atoms with Gasteiger partial charge < -0.3 is 10.8 Å². The summed E-state index contributed by atoms with van der Waals surface area (Å²) in [6, 6.07) is 7.34. The highest BCUT2D eigenvalue weighted by Crippen LogP contribution is 2.32. The summed E-state index contributed by atoms with van der Waals surface area (Å²) in [4.78, 5) is 0.995. The maximum Gasteiger partial charge on any atom is 0.213 e. The number of aliphatic hydroxyl groups excluding tert-OH is 1. The van der Waals surface area contributed by atoms with Gasteiger partial charge in [0.05, 0.1) is 17.9 Å². The zero-order valence-corrected chi connectivity index (χ0v) is 12.8. The number of aliphatic hydroxyl groups is 1. The van der Waals surface area contributed by atoms with E-state index in [9.17, 15) is 13.5 Å². The van der Waals surface area contributed by atoms with Crippen LogP contribution in [-0.2, 0) is 10.0 Å². The molecule has 7 heteroatoms. The lowest BCUT2D eigenvalue weighted by Gasteiger charge is -2.40. The predicted molar refractivity (Wildman–Crippen MR) is 82.2 cm³/mol. The van der Waals surface area contributed by atoms with Crippen molar-refractivity contribution in [2.45, 2.75) is 29.7 Å². The van der Waals surface area contributed by atoms with Crippen molar-refractivity contribution in [3.8, 4) is 0 Å². The Morgan fingerprint density at radius 2 is 1.95 bits per heavy atom. The highest BCUT2D eigenvalue weighted by atomic mass is 32.2. The van der Waals surface area contributed by atoms with Gasteiger partial charge in [-0.1, -0.05) is 0 Å². The largest absolute Gasteiger partial charge is 0.399 e. The Kier molecular flexibility index (Phi) is 4.95.